The summed E-state index contributed by atoms with van der Waals surface area (Å²) in [5.41, 5.74) is 6.44. The molecule has 0 spiro atoms. The molecule has 0 aliphatic carbocycles. The Hall–Kier alpha value is -2.50. The van der Waals surface area contributed by atoms with Crippen molar-refractivity contribution in [2.45, 2.75) is 26.8 Å². The maximum Gasteiger partial charge on any atom is 0.304 e. The van der Waals surface area contributed by atoms with Gasteiger partial charge in [0.25, 0.3) is 0 Å². The predicted octanol–water partition coefficient (Wildman–Crippen LogP) is 2.80. The van der Waals surface area contributed by atoms with E-state index in [9.17, 15) is 9.59 Å². The van der Waals surface area contributed by atoms with Crippen LogP contribution in [0.4, 0.5) is 0 Å². The van der Waals surface area contributed by atoms with E-state index >= 15 is 0 Å². The van der Waals surface area contributed by atoms with Crippen LogP contribution in [0.5, 0.6) is 0 Å². The van der Waals surface area contributed by atoms with E-state index in [1.807, 2.05) is 5.01 Å². The van der Waals surface area contributed by atoms with Crippen molar-refractivity contribution in [1.29, 1.82) is 0 Å². The Morgan fingerprint density at radius 1 is 0.857 bits per heavy atom. The fourth-order valence-electron chi connectivity index (χ4n) is 4.08. The molecule has 0 bridgehead atoms. The number of rotatable bonds is 4. The van der Waals surface area contributed by atoms with Crippen LogP contribution >= 0.6 is 0 Å². The quantitative estimate of drug-likeness (QED) is 0.769. The van der Waals surface area contributed by atoms with Gasteiger partial charge in [0, 0.05) is 45.7 Å². The summed E-state index contributed by atoms with van der Waals surface area (Å²) in [6, 6.07) is 15.3. The van der Waals surface area contributed by atoms with Crippen molar-refractivity contribution < 1.29 is 9.59 Å². The molecule has 2 saturated heterocycles. The van der Waals surface area contributed by atoms with E-state index in [0.29, 0.717) is 13.0 Å². The highest BCUT2D eigenvalue weighted by molar-refractivity contribution is 6.37. The van der Waals surface area contributed by atoms with Crippen LogP contribution in [0, 0.1) is 13.8 Å². The number of piperazine rings is 1. The highest BCUT2D eigenvalue weighted by atomic mass is 16.2. The molecule has 0 atom stereocenters. The number of aryl methyl sites for hydroxylation is 2. The maximum atomic E-state index is 11.9. The number of carbonyl (C=O) groups is 2. The van der Waals surface area contributed by atoms with Gasteiger partial charge >= 0.3 is 5.91 Å². The zero-order chi connectivity index (χ0) is 19.7. The Balaban J connectivity index is 1.38. The zero-order valence-electron chi connectivity index (χ0n) is 16.6. The molecule has 2 heterocycles. The van der Waals surface area contributed by atoms with Crippen LogP contribution < -0.4 is 0 Å². The van der Waals surface area contributed by atoms with Crippen LogP contribution in [0.1, 0.15) is 23.1 Å². The second-order valence-corrected chi connectivity index (χ2v) is 7.84. The summed E-state index contributed by atoms with van der Waals surface area (Å²) >= 11 is 0. The number of Topliss-reactive ketones (excluding diaryl/α,β-unsaturated/α-hetero) is 1. The minimum Gasteiger partial charge on any atom is -0.296 e. The first-order valence-electron chi connectivity index (χ1n) is 10.00. The van der Waals surface area contributed by atoms with Gasteiger partial charge in [-0.3, -0.25) is 19.5 Å². The molecule has 0 N–H and O–H groups in total. The minimum atomic E-state index is -0.337. The van der Waals surface area contributed by atoms with Gasteiger partial charge in [-0.05, 0) is 36.1 Å². The van der Waals surface area contributed by atoms with E-state index in [1.54, 1.807) is 5.01 Å². The number of carbonyl (C=O) groups excluding carboxylic acids is 2. The third-order valence-electron chi connectivity index (χ3n) is 5.80. The van der Waals surface area contributed by atoms with Crippen LogP contribution in [0.15, 0.2) is 42.5 Å². The van der Waals surface area contributed by atoms with Gasteiger partial charge in [-0.25, -0.2) is 5.01 Å². The molecule has 0 unspecified atom stereocenters. The van der Waals surface area contributed by atoms with Crippen molar-refractivity contribution in [3.05, 3.63) is 59.2 Å². The summed E-state index contributed by atoms with van der Waals surface area (Å²) in [6.07, 6.45) is 0.353. The van der Waals surface area contributed by atoms with Gasteiger partial charge in [-0.1, -0.05) is 48.0 Å². The molecule has 2 aliphatic heterocycles. The Morgan fingerprint density at radius 2 is 1.61 bits per heavy atom. The van der Waals surface area contributed by atoms with Gasteiger partial charge in [0.2, 0.25) is 5.78 Å². The SMILES string of the molecule is Cc1cccc(-c2ccc(CN3CCN(N4CCC(=O)C4=O)CC3)c(C)c2)c1. The summed E-state index contributed by atoms with van der Waals surface area (Å²) in [6.45, 7) is 9.14. The van der Waals surface area contributed by atoms with Crippen LogP contribution in [0.3, 0.4) is 0 Å². The van der Waals surface area contributed by atoms with Crippen molar-refractivity contribution in [3.63, 3.8) is 0 Å². The highest BCUT2D eigenvalue weighted by Gasteiger charge is 2.34. The van der Waals surface area contributed by atoms with Crippen molar-refractivity contribution in [3.8, 4) is 11.1 Å². The number of hydrogen-bond donors (Lipinski definition) is 0. The first-order chi connectivity index (χ1) is 13.5. The maximum absolute atomic E-state index is 11.9. The fourth-order valence-corrected chi connectivity index (χ4v) is 4.08. The van der Waals surface area contributed by atoms with E-state index in [4.69, 9.17) is 0 Å². The molecule has 28 heavy (non-hydrogen) atoms. The molecule has 2 aromatic carbocycles. The monoisotopic (exact) mass is 377 g/mol. The van der Waals surface area contributed by atoms with E-state index in [2.05, 4.69) is 61.2 Å². The van der Waals surface area contributed by atoms with E-state index in [1.165, 1.54) is 27.8 Å². The van der Waals surface area contributed by atoms with Crippen molar-refractivity contribution in [2.75, 3.05) is 32.7 Å². The molecule has 5 nitrogen and oxygen atoms in total. The minimum absolute atomic E-state index is 0.258. The molecule has 146 valence electrons. The first-order valence-corrected chi connectivity index (χ1v) is 10.00. The number of ketones is 1. The second-order valence-electron chi connectivity index (χ2n) is 7.84. The predicted molar refractivity (Wildman–Crippen MR) is 110 cm³/mol. The Morgan fingerprint density at radius 3 is 2.25 bits per heavy atom. The molecule has 1 amide bonds. The summed E-state index contributed by atoms with van der Waals surface area (Å²) < 4.78 is 0. The average Bonchev–Trinajstić information content (AvgIpc) is 3.03. The lowest BCUT2D eigenvalue weighted by atomic mass is 9.98. The second kappa shape index (κ2) is 7.86. The van der Waals surface area contributed by atoms with Crippen molar-refractivity contribution >= 4 is 11.7 Å². The summed E-state index contributed by atoms with van der Waals surface area (Å²) in [4.78, 5) is 25.8. The molecule has 5 heteroatoms. The van der Waals surface area contributed by atoms with Crippen molar-refractivity contribution in [2.24, 2.45) is 0 Å². The summed E-state index contributed by atoms with van der Waals surface area (Å²) in [5, 5.41) is 3.68. The topological polar surface area (TPSA) is 43.9 Å². The smallest absolute Gasteiger partial charge is 0.296 e. The number of nitrogens with zero attached hydrogens (tertiary/aromatic N) is 3. The number of benzene rings is 2. The lowest BCUT2D eigenvalue weighted by molar-refractivity contribution is -0.152. The van der Waals surface area contributed by atoms with Crippen LogP contribution in [-0.4, -0.2) is 59.3 Å². The Bertz CT molecular complexity index is 900. The van der Waals surface area contributed by atoms with E-state index < -0.39 is 0 Å². The van der Waals surface area contributed by atoms with Crippen LogP contribution in [0.25, 0.3) is 11.1 Å². The van der Waals surface area contributed by atoms with E-state index in [0.717, 1.165) is 32.7 Å². The molecule has 4 rings (SSSR count). The Labute approximate surface area is 166 Å². The Kier molecular flexibility index (Phi) is 5.29. The molecule has 0 aromatic heterocycles. The lowest BCUT2D eigenvalue weighted by Gasteiger charge is -2.39. The molecule has 2 aromatic rings. The number of hydrogen-bond acceptors (Lipinski definition) is 4. The fraction of sp³-hybridized carbons (Fsp3) is 0.391. The molecule has 2 fully saturated rings. The van der Waals surface area contributed by atoms with E-state index in [-0.39, 0.29) is 11.7 Å². The third-order valence-corrected chi connectivity index (χ3v) is 5.80. The summed E-state index contributed by atoms with van der Waals surface area (Å²) in [7, 11) is 0. The average molecular weight is 377 g/mol. The highest BCUT2D eigenvalue weighted by Crippen LogP contribution is 2.24. The van der Waals surface area contributed by atoms with Gasteiger partial charge in [0.05, 0.1) is 0 Å². The number of hydrazine groups is 1. The molecular formula is C23H27N3O2. The van der Waals surface area contributed by atoms with Gasteiger partial charge in [-0.2, -0.15) is 0 Å². The lowest BCUT2D eigenvalue weighted by Crippen LogP contribution is -2.54. The number of amides is 1. The molecule has 2 aliphatic rings. The largest absolute Gasteiger partial charge is 0.304 e. The summed E-state index contributed by atoms with van der Waals surface area (Å²) in [5.74, 6) is -0.595. The van der Waals surface area contributed by atoms with Gasteiger partial charge in [0.15, 0.2) is 0 Å². The zero-order valence-corrected chi connectivity index (χ0v) is 16.6. The van der Waals surface area contributed by atoms with Crippen LogP contribution in [0.2, 0.25) is 0 Å². The van der Waals surface area contributed by atoms with Crippen molar-refractivity contribution in [1.82, 2.24) is 14.9 Å². The van der Waals surface area contributed by atoms with Gasteiger partial charge in [0.1, 0.15) is 0 Å². The molecule has 0 radical (unpaired) electrons. The third kappa shape index (κ3) is 3.86. The van der Waals surface area contributed by atoms with Crippen LogP contribution in [-0.2, 0) is 16.1 Å². The first kappa shape index (κ1) is 18.8. The standard InChI is InChI=1S/C23H27N3O2/c1-17-4-3-5-19(14-17)20-6-7-21(18(2)15-20)16-24-10-12-25(13-11-24)26-9-8-22(27)23(26)28/h3-7,14-15H,8-13,16H2,1-2H3. The van der Waals surface area contributed by atoms with Gasteiger partial charge < -0.3 is 0 Å². The molecule has 0 saturated carbocycles. The normalized spacial score (nSPS) is 18.9. The van der Waals surface area contributed by atoms with Gasteiger partial charge in [-0.15, -0.1) is 0 Å². The molecular weight excluding hydrogens is 350 g/mol.